The van der Waals surface area contributed by atoms with Gasteiger partial charge in [0.05, 0.1) is 6.42 Å². The van der Waals surface area contributed by atoms with Crippen LogP contribution in [0.1, 0.15) is 5.56 Å². The Labute approximate surface area is 98.0 Å². The van der Waals surface area contributed by atoms with Crippen molar-refractivity contribution in [1.29, 1.82) is 0 Å². The lowest BCUT2D eigenvalue weighted by Crippen LogP contribution is -2.02. The van der Waals surface area contributed by atoms with Gasteiger partial charge in [0.15, 0.2) is 0 Å². The highest BCUT2D eigenvalue weighted by Crippen LogP contribution is 2.24. The molecule has 2 aromatic rings. The summed E-state index contributed by atoms with van der Waals surface area (Å²) in [5.41, 5.74) is 8.00. The maximum atomic E-state index is 10.6. The number of rotatable bonds is 3. The molecular weight excluding hydrogens is 218 g/mol. The minimum atomic E-state index is -0.891. The van der Waals surface area contributed by atoms with Gasteiger partial charge in [-0.15, -0.1) is 0 Å². The van der Waals surface area contributed by atoms with E-state index in [0.29, 0.717) is 11.4 Å². The van der Waals surface area contributed by atoms with Gasteiger partial charge >= 0.3 is 5.97 Å². The number of nitrogen functional groups attached to an aromatic ring is 1. The molecule has 5 nitrogen and oxygen atoms in total. The quantitative estimate of drug-likeness (QED) is 0.829. The van der Waals surface area contributed by atoms with E-state index in [1.165, 1.54) is 6.20 Å². The summed E-state index contributed by atoms with van der Waals surface area (Å²) in [6.07, 6.45) is 4.72. The zero-order chi connectivity index (χ0) is 12.3. The Kier molecular flexibility index (Phi) is 3.00. The van der Waals surface area contributed by atoms with E-state index < -0.39 is 5.97 Å². The van der Waals surface area contributed by atoms with Gasteiger partial charge in [-0.25, -0.2) is 4.98 Å². The van der Waals surface area contributed by atoms with Crippen LogP contribution in [0.25, 0.3) is 11.1 Å². The van der Waals surface area contributed by atoms with Crippen LogP contribution in [-0.4, -0.2) is 21.0 Å². The molecule has 0 aliphatic heterocycles. The Hall–Kier alpha value is -2.43. The van der Waals surface area contributed by atoms with Crippen LogP contribution < -0.4 is 5.73 Å². The number of carboxylic acid groups (broad SMARTS) is 1. The highest BCUT2D eigenvalue weighted by atomic mass is 16.4. The number of anilines is 1. The normalized spacial score (nSPS) is 10.1. The number of pyridine rings is 2. The van der Waals surface area contributed by atoms with Crippen LogP contribution in [0.4, 0.5) is 5.82 Å². The van der Waals surface area contributed by atoms with E-state index in [2.05, 4.69) is 9.97 Å². The van der Waals surface area contributed by atoms with E-state index >= 15 is 0 Å². The second-order valence-corrected chi connectivity index (χ2v) is 3.58. The first-order chi connectivity index (χ1) is 8.16. The Morgan fingerprint density at radius 3 is 2.71 bits per heavy atom. The van der Waals surface area contributed by atoms with E-state index in [1.54, 1.807) is 30.6 Å². The molecule has 0 unspecified atom stereocenters. The number of aromatic nitrogens is 2. The predicted octanol–water partition coefficient (Wildman–Crippen LogP) is 1.35. The summed E-state index contributed by atoms with van der Waals surface area (Å²) < 4.78 is 0. The topological polar surface area (TPSA) is 89.1 Å². The summed E-state index contributed by atoms with van der Waals surface area (Å²) in [7, 11) is 0. The van der Waals surface area contributed by atoms with Crippen molar-refractivity contribution < 1.29 is 9.90 Å². The lowest BCUT2D eigenvalue weighted by Gasteiger charge is -2.06. The van der Waals surface area contributed by atoms with Crippen LogP contribution >= 0.6 is 0 Å². The van der Waals surface area contributed by atoms with Gasteiger partial charge in [-0.2, -0.15) is 0 Å². The van der Waals surface area contributed by atoms with Gasteiger partial charge in [0.25, 0.3) is 0 Å². The summed E-state index contributed by atoms with van der Waals surface area (Å²) in [5, 5.41) is 8.73. The van der Waals surface area contributed by atoms with E-state index in [4.69, 9.17) is 10.8 Å². The number of hydrogen-bond donors (Lipinski definition) is 2. The zero-order valence-corrected chi connectivity index (χ0v) is 9.00. The van der Waals surface area contributed by atoms with Crippen LogP contribution in [0, 0.1) is 0 Å². The summed E-state index contributed by atoms with van der Waals surface area (Å²) in [6, 6.07) is 5.35. The number of aliphatic carboxylic acids is 1. The number of carboxylic acids is 1. The molecular formula is C12H11N3O2. The Bertz CT molecular complexity index is 541. The molecule has 0 saturated carbocycles. The lowest BCUT2D eigenvalue weighted by molar-refractivity contribution is -0.136. The maximum Gasteiger partial charge on any atom is 0.307 e. The van der Waals surface area contributed by atoms with E-state index in [0.717, 1.165) is 11.1 Å². The number of nitrogens with two attached hydrogens (primary N) is 1. The standard InChI is InChI=1S/C12H11N3O2/c13-12-10(9-1-3-14-4-2-9)5-8(7-15-12)6-11(16)17/h1-5,7H,6H2,(H2,13,15)(H,16,17). The molecule has 5 heteroatoms. The van der Waals surface area contributed by atoms with Crippen LogP contribution in [0.15, 0.2) is 36.8 Å². The van der Waals surface area contributed by atoms with Gasteiger partial charge in [-0.3, -0.25) is 9.78 Å². The number of carbonyl (C=O) groups is 1. The van der Waals surface area contributed by atoms with E-state index in [-0.39, 0.29) is 6.42 Å². The fourth-order valence-electron chi connectivity index (χ4n) is 1.55. The van der Waals surface area contributed by atoms with Gasteiger partial charge < -0.3 is 10.8 Å². The number of hydrogen-bond acceptors (Lipinski definition) is 4. The van der Waals surface area contributed by atoms with Crippen LogP contribution in [0.3, 0.4) is 0 Å². The lowest BCUT2D eigenvalue weighted by atomic mass is 10.1. The molecule has 0 aromatic carbocycles. The molecule has 0 spiro atoms. The summed E-state index contributed by atoms with van der Waals surface area (Å²) in [6.45, 7) is 0. The average molecular weight is 229 g/mol. The molecule has 2 aromatic heterocycles. The Balaban J connectivity index is 2.43. The van der Waals surface area contributed by atoms with Crippen molar-refractivity contribution in [2.45, 2.75) is 6.42 Å². The molecule has 0 aliphatic rings. The zero-order valence-electron chi connectivity index (χ0n) is 9.00. The SMILES string of the molecule is Nc1ncc(CC(=O)O)cc1-c1ccncc1. The molecule has 17 heavy (non-hydrogen) atoms. The molecule has 86 valence electrons. The molecule has 0 aliphatic carbocycles. The van der Waals surface area contributed by atoms with Gasteiger partial charge in [0, 0.05) is 24.2 Å². The van der Waals surface area contributed by atoms with Gasteiger partial charge in [0.1, 0.15) is 5.82 Å². The second kappa shape index (κ2) is 4.61. The smallest absolute Gasteiger partial charge is 0.307 e. The molecule has 0 bridgehead atoms. The van der Waals surface area contributed by atoms with Crippen LogP contribution in [0.5, 0.6) is 0 Å². The molecule has 0 fully saturated rings. The summed E-state index contributed by atoms with van der Waals surface area (Å²) in [4.78, 5) is 18.6. The summed E-state index contributed by atoms with van der Waals surface area (Å²) in [5.74, 6) is -0.511. The Morgan fingerprint density at radius 2 is 2.06 bits per heavy atom. The van der Waals surface area contributed by atoms with Crippen molar-refractivity contribution in [1.82, 2.24) is 9.97 Å². The molecule has 3 N–H and O–H groups in total. The largest absolute Gasteiger partial charge is 0.481 e. The van der Waals surface area contributed by atoms with Crippen molar-refractivity contribution in [2.24, 2.45) is 0 Å². The average Bonchev–Trinajstić information content (AvgIpc) is 2.32. The fourth-order valence-corrected chi connectivity index (χ4v) is 1.55. The van der Waals surface area contributed by atoms with Crippen molar-refractivity contribution in [3.05, 3.63) is 42.4 Å². The van der Waals surface area contributed by atoms with Crippen LogP contribution in [-0.2, 0) is 11.2 Å². The predicted molar refractivity (Wildman–Crippen MR) is 63.2 cm³/mol. The van der Waals surface area contributed by atoms with Crippen LogP contribution in [0.2, 0.25) is 0 Å². The second-order valence-electron chi connectivity index (χ2n) is 3.58. The monoisotopic (exact) mass is 229 g/mol. The van der Waals surface area contributed by atoms with Crippen molar-refractivity contribution in [3.63, 3.8) is 0 Å². The minimum Gasteiger partial charge on any atom is -0.481 e. The van der Waals surface area contributed by atoms with Gasteiger partial charge in [-0.1, -0.05) is 0 Å². The number of nitrogens with zero attached hydrogens (tertiary/aromatic N) is 2. The van der Waals surface area contributed by atoms with Crippen molar-refractivity contribution in [3.8, 4) is 11.1 Å². The first kappa shape index (κ1) is 11.1. The fraction of sp³-hybridized carbons (Fsp3) is 0.0833. The molecule has 0 amide bonds. The van der Waals surface area contributed by atoms with E-state index in [1.807, 2.05) is 0 Å². The third-order valence-electron chi connectivity index (χ3n) is 2.32. The van der Waals surface area contributed by atoms with Gasteiger partial charge in [0.2, 0.25) is 0 Å². The van der Waals surface area contributed by atoms with Crippen molar-refractivity contribution >= 4 is 11.8 Å². The molecule has 2 rings (SSSR count). The Morgan fingerprint density at radius 1 is 1.35 bits per heavy atom. The highest BCUT2D eigenvalue weighted by Gasteiger charge is 2.07. The molecule has 0 radical (unpaired) electrons. The first-order valence-corrected chi connectivity index (χ1v) is 5.03. The maximum absolute atomic E-state index is 10.6. The third-order valence-corrected chi connectivity index (χ3v) is 2.32. The first-order valence-electron chi connectivity index (χ1n) is 5.03. The molecule has 0 saturated heterocycles. The van der Waals surface area contributed by atoms with Gasteiger partial charge in [-0.05, 0) is 29.3 Å². The van der Waals surface area contributed by atoms with Crippen molar-refractivity contribution in [2.75, 3.05) is 5.73 Å². The highest BCUT2D eigenvalue weighted by molar-refractivity contribution is 5.76. The third kappa shape index (κ3) is 2.57. The summed E-state index contributed by atoms with van der Waals surface area (Å²) >= 11 is 0. The minimum absolute atomic E-state index is 0.0641. The molecule has 2 heterocycles. The molecule has 0 atom stereocenters. The van der Waals surface area contributed by atoms with E-state index in [9.17, 15) is 4.79 Å².